The van der Waals surface area contributed by atoms with E-state index >= 15 is 0 Å². The Balaban J connectivity index is 0.000000181. The first-order valence-electron chi connectivity index (χ1n) is 5.13. The third kappa shape index (κ3) is 6.50. The molecule has 0 bridgehead atoms. The molecule has 2 rings (SSSR count). The van der Waals surface area contributed by atoms with Crippen molar-refractivity contribution < 1.29 is 4.74 Å². The summed E-state index contributed by atoms with van der Waals surface area (Å²) in [6, 6.07) is 10.9. The zero-order valence-corrected chi connectivity index (χ0v) is 10.0. The molecule has 0 aromatic carbocycles. The number of rotatable bonds is 3. The first kappa shape index (κ1) is 13.4. The Labute approximate surface area is 105 Å². The van der Waals surface area contributed by atoms with Crippen molar-refractivity contribution in [3.8, 4) is 5.88 Å². The number of pyridine rings is 2. The molecule has 0 fully saturated rings. The van der Waals surface area contributed by atoms with Gasteiger partial charge in [0, 0.05) is 25.0 Å². The van der Waals surface area contributed by atoms with E-state index < -0.39 is 0 Å². The van der Waals surface area contributed by atoms with Crippen LogP contribution in [-0.2, 0) is 0 Å². The number of nitrogens with two attached hydrogens (primary N) is 1. The van der Waals surface area contributed by atoms with E-state index in [-0.39, 0.29) is 0 Å². The van der Waals surface area contributed by atoms with Crippen molar-refractivity contribution in [2.45, 2.75) is 0 Å². The molecule has 2 N–H and O–H groups in total. The summed E-state index contributed by atoms with van der Waals surface area (Å²) in [5.74, 6) is 0.632. The van der Waals surface area contributed by atoms with Gasteiger partial charge in [0.25, 0.3) is 0 Å². The van der Waals surface area contributed by atoms with Gasteiger partial charge in [-0.1, -0.05) is 23.7 Å². The van der Waals surface area contributed by atoms with Crippen LogP contribution in [0.2, 0.25) is 5.15 Å². The van der Waals surface area contributed by atoms with Gasteiger partial charge in [-0.05, 0) is 18.2 Å². The quantitative estimate of drug-likeness (QED) is 0.850. The summed E-state index contributed by atoms with van der Waals surface area (Å²) in [5.41, 5.74) is 5.22. The van der Waals surface area contributed by atoms with Gasteiger partial charge in [-0.15, -0.1) is 0 Å². The molecule has 0 aliphatic rings. The zero-order valence-electron chi connectivity index (χ0n) is 9.29. The molecule has 0 radical (unpaired) electrons. The Morgan fingerprint density at radius 3 is 2.18 bits per heavy atom. The molecule has 5 heteroatoms. The largest absolute Gasteiger partial charge is 0.476 e. The zero-order chi connectivity index (χ0) is 12.3. The second-order valence-corrected chi connectivity index (χ2v) is 3.34. The third-order valence-electron chi connectivity index (χ3n) is 1.63. The molecule has 0 saturated carbocycles. The van der Waals surface area contributed by atoms with E-state index in [1.165, 1.54) is 0 Å². The molecule has 2 heterocycles. The number of ether oxygens (including phenoxy) is 1. The van der Waals surface area contributed by atoms with Gasteiger partial charge in [0.15, 0.2) is 0 Å². The van der Waals surface area contributed by atoms with Crippen LogP contribution in [0.25, 0.3) is 0 Å². The lowest BCUT2D eigenvalue weighted by molar-refractivity contribution is 0.315. The van der Waals surface area contributed by atoms with Gasteiger partial charge < -0.3 is 10.5 Å². The van der Waals surface area contributed by atoms with Crippen molar-refractivity contribution in [1.82, 2.24) is 9.97 Å². The van der Waals surface area contributed by atoms with Crippen molar-refractivity contribution in [2.75, 3.05) is 13.2 Å². The third-order valence-corrected chi connectivity index (χ3v) is 1.86. The fourth-order valence-corrected chi connectivity index (χ4v) is 1.07. The summed E-state index contributed by atoms with van der Waals surface area (Å²) in [6.07, 6.45) is 3.34. The lowest BCUT2D eigenvalue weighted by Crippen LogP contribution is -2.10. The number of hydrogen-bond donors (Lipinski definition) is 1. The summed E-state index contributed by atoms with van der Waals surface area (Å²) in [6.45, 7) is 1.05. The summed E-state index contributed by atoms with van der Waals surface area (Å²) < 4.78 is 5.12. The van der Waals surface area contributed by atoms with E-state index in [1.54, 1.807) is 24.5 Å². The molecule has 0 aliphatic heterocycles. The minimum Gasteiger partial charge on any atom is -0.476 e. The van der Waals surface area contributed by atoms with E-state index in [2.05, 4.69) is 9.97 Å². The molecule has 17 heavy (non-hydrogen) atoms. The topological polar surface area (TPSA) is 61.0 Å². The van der Waals surface area contributed by atoms with Gasteiger partial charge in [0.1, 0.15) is 11.8 Å². The predicted molar refractivity (Wildman–Crippen MR) is 68.0 cm³/mol. The lowest BCUT2D eigenvalue weighted by atomic mass is 10.5. The lowest BCUT2D eigenvalue weighted by Gasteiger charge is -2.00. The number of hydrogen-bond acceptors (Lipinski definition) is 4. The van der Waals surface area contributed by atoms with E-state index in [0.29, 0.717) is 24.2 Å². The first-order valence-corrected chi connectivity index (χ1v) is 5.51. The molecule has 4 nitrogen and oxygen atoms in total. The summed E-state index contributed by atoms with van der Waals surface area (Å²) in [4.78, 5) is 7.68. The predicted octanol–water partition coefficient (Wildman–Crippen LogP) is 2.15. The maximum absolute atomic E-state index is 5.43. The van der Waals surface area contributed by atoms with Crippen LogP contribution in [0.3, 0.4) is 0 Å². The highest BCUT2D eigenvalue weighted by Crippen LogP contribution is 2.01. The summed E-state index contributed by atoms with van der Waals surface area (Å²) in [5, 5.41) is 0.544. The highest BCUT2D eigenvalue weighted by molar-refractivity contribution is 6.29. The molecular weight excluding hydrogens is 238 g/mol. The molecular formula is C12H14ClN3O. The van der Waals surface area contributed by atoms with E-state index in [9.17, 15) is 0 Å². The van der Waals surface area contributed by atoms with Gasteiger partial charge in [-0.3, -0.25) is 0 Å². The fourth-order valence-electron chi connectivity index (χ4n) is 0.938. The molecule has 0 aliphatic carbocycles. The Bertz CT molecular complexity index is 397. The molecule has 0 saturated heterocycles. The number of aromatic nitrogens is 2. The van der Waals surface area contributed by atoms with Gasteiger partial charge in [0.2, 0.25) is 5.88 Å². The van der Waals surface area contributed by atoms with E-state index in [4.69, 9.17) is 22.1 Å². The smallest absolute Gasteiger partial charge is 0.213 e. The Hall–Kier alpha value is -1.65. The van der Waals surface area contributed by atoms with Gasteiger partial charge in [-0.25, -0.2) is 9.97 Å². The Morgan fingerprint density at radius 2 is 1.76 bits per heavy atom. The maximum atomic E-state index is 5.43. The molecule has 90 valence electrons. The second-order valence-electron chi connectivity index (χ2n) is 2.96. The standard InChI is InChI=1S/C7H10N2O.C5H4ClN/c8-4-6-10-7-3-1-2-5-9-7;6-5-3-1-2-4-7-5/h1-3,5H,4,6,8H2;1-4H. The Kier molecular flexibility index (Phi) is 6.70. The van der Waals surface area contributed by atoms with E-state index in [1.807, 2.05) is 24.3 Å². The SMILES string of the molecule is Clc1ccccn1.NCCOc1ccccn1. The maximum Gasteiger partial charge on any atom is 0.213 e. The van der Waals surface area contributed by atoms with Crippen molar-refractivity contribution in [1.29, 1.82) is 0 Å². The van der Waals surface area contributed by atoms with Crippen LogP contribution in [0, 0.1) is 0 Å². The van der Waals surface area contributed by atoms with E-state index in [0.717, 1.165) is 0 Å². The van der Waals surface area contributed by atoms with Crippen LogP contribution in [-0.4, -0.2) is 23.1 Å². The minimum absolute atomic E-state index is 0.524. The average molecular weight is 252 g/mol. The summed E-state index contributed by atoms with van der Waals surface area (Å²) >= 11 is 5.43. The fraction of sp³-hybridized carbons (Fsp3) is 0.167. The number of nitrogens with zero attached hydrogens (tertiary/aromatic N) is 2. The molecule has 0 spiro atoms. The highest BCUT2D eigenvalue weighted by Gasteiger charge is 1.88. The van der Waals surface area contributed by atoms with Crippen molar-refractivity contribution in [2.24, 2.45) is 5.73 Å². The van der Waals surface area contributed by atoms with Gasteiger partial charge >= 0.3 is 0 Å². The van der Waals surface area contributed by atoms with Crippen LogP contribution in [0.1, 0.15) is 0 Å². The van der Waals surface area contributed by atoms with Gasteiger partial charge in [0.05, 0.1) is 0 Å². The number of halogens is 1. The molecule has 2 aromatic rings. The van der Waals surface area contributed by atoms with Crippen LogP contribution >= 0.6 is 11.6 Å². The second kappa shape index (κ2) is 8.50. The molecule has 2 aromatic heterocycles. The highest BCUT2D eigenvalue weighted by atomic mass is 35.5. The van der Waals surface area contributed by atoms with Gasteiger partial charge in [-0.2, -0.15) is 0 Å². The normalized spacial score (nSPS) is 9.06. The van der Waals surface area contributed by atoms with Crippen molar-refractivity contribution >= 4 is 11.6 Å². The van der Waals surface area contributed by atoms with Crippen LogP contribution in [0.15, 0.2) is 48.8 Å². The average Bonchev–Trinajstić information content (AvgIpc) is 2.39. The van der Waals surface area contributed by atoms with Crippen molar-refractivity contribution in [3.63, 3.8) is 0 Å². The van der Waals surface area contributed by atoms with Crippen LogP contribution < -0.4 is 10.5 Å². The minimum atomic E-state index is 0.524. The molecule has 0 unspecified atom stereocenters. The molecule has 0 atom stereocenters. The summed E-state index contributed by atoms with van der Waals surface area (Å²) in [7, 11) is 0. The monoisotopic (exact) mass is 251 g/mol. The van der Waals surface area contributed by atoms with Crippen LogP contribution in [0.5, 0.6) is 5.88 Å². The molecule has 0 amide bonds. The first-order chi connectivity index (χ1) is 8.33. The Morgan fingerprint density at radius 1 is 1.06 bits per heavy atom. The van der Waals surface area contributed by atoms with Crippen LogP contribution in [0.4, 0.5) is 0 Å². The van der Waals surface area contributed by atoms with Crippen molar-refractivity contribution in [3.05, 3.63) is 53.9 Å².